The van der Waals surface area contributed by atoms with Crippen LogP contribution in [0.25, 0.3) is 11.0 Å². The maximum atomic E-state index is 6.21. The minimum Gasteiger partial charge on any atom is -0.458 e. The van der Waals surface area contributed by atoms with Gasteiger partial charge in [0.15, 0.2) is 5.58 Å². The highest BCUT2D eigenvalue weighted by molar-refractivity contribution is 7.09. The van der Waals surface area contributed by atoms with Crippen LogP contribution in [0.1, 0.15) is 29.5 Å². The molecule has 0 saturated heterocycles. The summed E-state index contributed by atoms with van der Waals surface area (Å²) in [5.41, 5.74) is 6.95. The quantitative estimate of drug-likeness (QED) is 0.706. The van der Waals surface area contributed by atoms with Crippen LogP contribution in [0.3, 0.4) is 0 Å². The number of halogens is 1. The van der Waals surface area contributed by atoms with Gasteiger partial charge in [-0.15, -0.1) is 11.3 Å². The van der Waals surface area contributed by atoms with Crippen molar-refractivity contribution in [1.29, 1.82) is 0 Å². The fourth-order valence-electron chi connectivity index (χ4n) is 2.32. The van der Waals surface area contributed by atoms with E-state index >= 15 is 0 Å². The average molecular weight is 306 g/mol. The molecule has 104 valence electrons. The number of hydrogen-bond donors (Lipinski definition) is 1. The Morgan fingerprint density at radius 2 is 2.15 bits per heavy atom. The van der Waals surface area contributed by atoms with E-state index in [0.29, 0.717) is 5.02 Å². The van der Waals surface area contributed by atoms with E-state index in [2.05, 4.69) is 17.5 Å². The Hall–Kier alpha value is -1.29. The summed E-state index contributed by atoms with van der Waals surface area (Å²) in [6.45, 7) is 0. The van der Waals surface area contributed by atoms with Gasteiger partial charge in [-0.1, -0.05) is 29.8 Å². The van der Waals surface area contributed by atoms with E-state index in [1.807, 2.05) is 24.3 Å². The molecule has 0 amide bonds. The van der Waals surface area contributed by atoms with E-state index in [-0.39, 0.29) is 6.04 Å². The lowest BCUT2D eigenvalue weighted by atomic mass is 10.1. The fraction of sp³-hybridized carbons (Fsp3) is 0.250. The van der Waals surface area contributed by atoms with Crippen LogP contribution in [0.15, 0.2) is 46.2 Å². The molecule has 0 spiro atoms. The molecular weight excluding hydrogens is 290 g/mol. The van der Waals surface area contributed by atoms with Crippen LogP contribution < -0.4 is 5.73 Å². The first-order valence-electron chi connectivity index (χ1n) is 6.70. The fourth-order valence-corrected chi connectivity index (χ4v) is 3.30. The summed E-state index contributed by atoms with van der Waals surface area (Å²) in [6.07, 6.45) is 3.05. The predicted octanol–water partition coefficient (Wildman–Crippen LogP) is 5.17. The molecule has 20 heavy (non-hydrogen) atoms. The average Bonchev–Trinajstić information content (AvgIpc) is 3.07. The molecule has 1 atom stereocenters. The van der Waals surface area contributed by atoms with Crippen molar-refractivity contribution in [3.63, 3.8) is 0 Å². The van der Waals surface area contributed by atoms with Gasteiger partial charge in [0.25, 0.3) is 0 Å². The first kappa shape index (κ1) is 13.7. The van der Waals surface area contributed by atoms with Crippen LogP contribution in [-0.4, -0.2) is 0 Å². The van der Waals surface area contributed by atoms with Gasteiger partial charge in [-0.25, -0.2) is 0 Å². The summed E-state index contributed by atoms with van der Waals surface area (Å²) in [4.78, 5) is 1.41. The number of furan rings is 1. The Labute approximate surface area is 127 Å². The molecule has 1 aromatic carbocycles. The molecule has 3 aromatic rings. The topological polar surface area (TPSA) is 39.2 Å². The second-order valence-corrected chi connectivity index (χ2v) is 6.32. The SMILES string of the molecule is NC(CCCc1cccs1)c1cc2cccc(Cl)c2o1. The van der Waals surface area contributed by atoms with E-state index in [1.165, 1.54) is 4.88 Å². The Morgan fingerprint density at radius 1 is 1.25 bits per heavy atom. The minimum absolute atomic E-state index is 0.0709. The molecule has 0 aliphatic rings. The molecule has 0 bridgehead atoms. The van der Waals surface area contributed by atoms with E-state index in [1.54, 1.807) is 11.3 Å². The van der Waals surface area contributed by atoms with Gasteiger partial charge in [-0.3, -0.25) is 0 Å². The van der Waals surface area contributed by atoms with Crippen molar-refractivity contribution in [2.45, 2.75) is 25.3 Å². The Morgan fingerprint density at radius 3 is 2.90 bits per heavy atom. The summed E-state index contributed by atoms with van der Waals surface area (Å²) >= 11 is 7.91. The highest BCUT2D eigenvalue weighted by atomic mass is 35.5. The van der Waals surface area contributed by atoms with Gasteiger partial charge in [0, 0.05) is 10.3 Å². The van der Waals surface area contributed by atoms with Crippen molar-refractivity contribution >= 4 is 33.9 Å². The van der Waals surface area contributed by atoms with Gasteiger partial charge < -0.3 is 10.2 Å². The molecule has 3 rings (SSSR count). The van der Waals surface area contributed by atoms with Crippen LogP contribution >= 0.6 is 22.9 Å². The molecular formula is C16H16ClNOS. The zero-order chi connectivity index (χ0) is 13.9. The zero-order valence-electron chi connectivity index (χ0n) is 11.0. The van der Waals surface area contributed by atoms with E-state index < -0.39 is 0 Å². The van der Waals surface area contributed by atoms with Crippen LogP contribution in [-0.2, 0) is 6.42 Å². The van der Waals surface area contributed by atoms with Crippen LogP contribution in [0, 0.1) is 0 Å². The molecule has 4 heteroatoms. The van der Waals surface area contributed by atoms with Gasteiger partial charge in [0.1, 0.15) is 5.76 Å². The Balaban J connectivity index is 1.66. The van der Waals surface area contributed by atoms with Gasteiger partial charge in [-0.05, 0) is 42.8 Å². The van der Waals surface area contributed by atoms with Crippen molar-refractivity contribution in [2.24, 2.45) is 5.73 Å². The van der Waals surface area contributed by atoms with Gasteiger partial charge in [-0.2, -0.15) is 0 Å². The molecule has 0 radical (unpaired) electrons. The summed E-state index contributed by atoms with van der Waals surface area (Å²) in [7, 11) is 0. The minimum atomic E-state index is -0.0709. The summed E-state index contributed by atoms with van der Waals surface area (Å²) in [5.74, 6) is 0.819. The molecule has 2 nitrogen and oxygen atoms in total. The van der Waals surface area contributed by atoms with Crippen LogP contribution in [0.4, 0.5) is 0 Å². The zero-order valence-corrected chi connectivity index (χ0v) is 12.6. The Bertz CT molecular complexity index is 690. The normalized spacial score (nSPS) is 12.9. The smallest absolute Gasteiger partial charge is 0.152 e. The van der Waals surface area contributed by atoms with Crippen molar-refractivity contribution in [3.05, 3.63) is 57.4 Å². The first-order chi connectivity index (χ1) is 9.74. The third-order valence-corrected chi connectivity index (χ3v) is 4.63. The van der Waals surface area contributed by atoms with Gasteiger partial charge in [0.05, 0.1) is 11.1 Å². The van der Waals surface area contributed by atoms with Crippen molar-refractivity contribution < 1.29 is 4.42 Å². The van der Waals surface area contributed by atoms with Crippen molar-refractivity contribution in [2.75, 3.05) is 0 Å². The number of para-hydroxylation sites is 1. The van der Waals surface area contributed by atoms with Crippen molar-refractivity contribution in [1.82, 2.24) is 0 Å². The largest absolute Gasteiger partial charge is 0.458 e. The molecule has 1 unspecified atom stereocenters. The molecule has 0 fully saturated rings. The second kappa shape index (κ2) is 6.00. The summed E-state index contributed by atoms with van der Waals surface area (Å²) in [5, 5.41) is 3.76. The van der Waals surface area contributed by atoms with Gasteiger partial charge >= 0.3 is 0 Å². The van der Waals surface area contributed by atoms with Gasteiger partial charge in [0.2, 0.25) is 0 Å². The van der Waals surface area contributed by atoms with E-state index in [0.717, 1.165) is 36.0 Å². The predicted molar refractivity (Wildman–Crippen MR) is 85.4 cm³/mol. The maximum absolute atomic E-state index is 6.21. The highest BCUT2D eigenvalue weighted by Gasteiger charge is 2.13. The first-order valence-corrected chi connectivity index (χ1v) is 7.96. The monoisotopic (exact) mass is 305 g/mol. The number of aryl methyl sites for hydroxylation is 1. The maximum Gasteiger partial charge on any atom is 0.152 e. The lowest BCUT2D eigenvalue weighted by molar-refractivity contribution is 0.470. The third kappa shape index (κ3) is 2.90. The van der Waals surface area contributed by atoms with Crippen molar-refractivity contribution in [3.8, 4) is 0 Å². The van der Waals surface area contributed by atoms with E-state index in [4.69, 9.17) is 21.8 Å². The number of thiophene rings is 1. The number of benzene rings is 1. The summed E-state index contributed by atoms with van der Waals surface area (Å²) < 4.78 is 5.79. The number of hydrogen-bond acceptors (Lipinski definition) is 3. The molecule has 0 saturated carbocycles. The molecule has 2 heterocycles. The highest BCUT2D eigenvalue weighted by Crippen LogP contribution is 2.30. The summed E-state index contributed by atoms with van der Waals surface area (Å²) in [6, 6.07) is 11.9. The number of nitrogens with two attached hydrogens (primary N) is 1. The third-order valence-electron chi connectivity index (χ3n) is 3.40. The van der Waals surface area contributed by atoms with Crippen LogP contribution in [0.2, 0.25) is 5.02 Å². The lowest BCUT2D eigenvalue weighted by Crippen LogP contribution is -2.09. The van der Waals surface area contributed by atoms with Crippen LogP contribution in [0.5, 0.6) is 0 Å². The molecule has 0 aliphatic heterocycles. The number of fused-ring (bicyclic) bond motifs is 1. The second-order valence-electron chi connectivity index (χ2n) is 4.89. The van der Waals surface area contributed by atoms with E-state index in [9.17, 15) is 0 Å². The molecule has 0 aliphatic carbocycles. The lowest BCUT2D eigenvalue weighted by Gasteiger charge is -2.07. The molecule has 2 N–H and O–H groups in total. The molecule has 2 aromatic heterocycles. The number of rotatable bonds is 5. The standard InChI is InChI=1S/C16H16ClNOS/c17-13-7-1-4-11-10-15(19-16(11)13)14(18)8-2-5-12-6-3-9-20-12/h1,3-4,6-7,9-10,14H,2,5,8,18H2. The Kier molecular flexibility index (Phi) is 4.10.